The van der Waals surface area contributed by atoms with Crippen LogP contribution in [0.1, 0.15) is 17.3 Å². The van der Waals surface area contributed by atoms with Gasteiger partial charge in [0.05, 0.1) is 17.3 Å². The summed E-state index contributed by atoms with van der Waals surface area (Å²) in [6, 6.07) is 10.4. The Morgan fingerprint density at radius 2 is 2.11 bits per heavy atom. The number of aromatic nitrogens is 1. The van der Waals surface area contributed by atoms with E-state index in [4.69, 9.17) is 16.3 Å². The second kappa shape index (κ2) is 6.20. The molecule has 0 fully saturated rings. The number of amides is 1. The van der Waals surface area contributed by atoms with Crippen LogP contribution in [-0.4, -0.2) is 17.5 Å². The van der Waals surface area contributed by atoms with Crippen molar-refractivity contribution in [2.75, 3.05) is 11.9 Å². The van der Waals surface area contributed by atoms with Gasteiger partial charge in [-0.2, -0.15) is 0 Å². The molecule has 0 unspecified atom stereocenters. The van der Waals surface area contributed by atoms with Gasteiger partial charge in [0, 0.05) is 6.20 Å². The summed E-state index contributed by atoms with van der Waals surface area (Å²) in [4.78, 5) is 16.2. The third-order valence-electron chi connectivity index (χ3n) is 2.42. The monoisotopic (exact) mass is 276 g/mol. The summed E-state index contributed by atoms with van der Waals surface area (Å²) in [5.74, 6) is 0.0132. The summed E-state index contributed by atoms with van der Waals surface area (Å²) in [7, 11) is 0. The average molecular weight is 277 g/mol. The Labute approximate surface area is 116 Å². The molecule has 0 aliphatic heterocycles. The van der Waals surface area contributed by atoms with Crippen molar-refractivity contribution in [1.82, 2.24) is 4.98 Å². The number of pyridine rings is 1. The number of carbonyl (C=O) groups is 1. The predicted molar refractivity (Wildman–Crippen MR) is 74.8 cm³/mol. The molecule has 0 atom stereocenters. The standard InChI is InChI=1S/C14H13ClN2O2/c1-2-19-14-10(6-5-9-16-14)13(18)17-12-8-4-3-7-11(12)15/h3-9H,2H2,1H3,(H,17,18). The lowest BCUT2D eigenvalue weighted by molar-refractivity contribution is 0.102. The van der Waals surface area contributed by atoms with Crippen LogP contribution in [0.4, 0.5) is 5.69 Å². The van der Waals surface area contributed by atoms with Crippen molar-refractivity contribution in [3.63, 3.8) is 0 Å². The van der Waals surface area contributed by atoms with Crippen LogP contribution >= 0.6 is 11.6 Å². The number of rotatable bonds is 4. The van der Waals surface area contributed by atoms with Gasteiger partial charge in [-0.25, -0.2) is 4.98 Å². The van der Waals surface area contributed by atoms with E-state index in [1.54, 1.807) is 42.6 Å². The van der Waals surface area contributed by atoms with Gasteiger partial charge in [-0.1, -0.05) is 23.7 Å². The smallest absolute Gasteiger partial charge is 0.261 e. The Morgan fingerprint density at radius 1 is 1.32 bits per heavy atom. The summed E-state index contributed by atoms with van der Waals surface area (Å²) in [6.07, 6.45) is 1.58. The van der Waals surface area contributed by atoms with E-state index in [1.807, 2.05) is 6.92 Å². The van der Waals surface area contributed by atoms with Crippen LogP contribution in [0.2, 0.25) is 5.02 Å². The van der Waals surface area contributed by atoms with Gasteiger partial charge < -0.3 is 10.1 Å². The van der Waals surface area contributed by atoms with Crippen molar-refractivity contribution in [3.05, 3.63) is 53.2 Å². The summed E-state index contributed by atoms with van der Waals surface area (Å²) >= 11 is 6.00. The molecule has 2 aromatic rings. The summed E-state index contributed by atoms with van der Waals surface area (Å²) < 4.78 is 5.32. The molecule has 0 spiro atoms. The van der Waals surface area contributed by atoms with Crippen molar-refractivity contribution in [2.45, 2.75) is 6.92 Å². The highest BCUT2D eigenvalue weighted by molar-refractivity contribution is 6.33. The zero-order valence-corrected chi connectivity index (χ0v) is 11.1. The molecule has 98 valence electrons. The number of ether oxygens (including phenoxy) is 1. The second-order valence-corrected chi connectivity index (χ2v) is 4.13. The Bertz CT molecular complexity index is 587. The number of anilines is 1. The fourth-order valence-corrected chi connectivity index (χ4v) is 1.75. The summed E-state index contributed by atoms with van der Waals surface area (Å²) in [5, 5.41) is 3.22. The van der Waals surface area contributed by atoms with Crippen molar-refractivity contribution < 1.29 is 9.53 Å². The number of para-hydroxylation sites is 1. The van der Waals surface area contributed by atoms with Crippen LogP contribution in [0, 0.1) is 0 Å². The predicted octanol–water partition coefficient (Wildman–Crippen LogP) is 3.39. The van der Waals surface area contributed by atoms with Crippen molar-refractivity contribution in [3.8, 4) is 5.88 Å². The molecule has 1 amide bonds. The van der Waals surface area contributed by atoms with Gasteiger partial charge in [0.1, 0.15) is 5.56 Å². The fourth-order valence-electron chi connectivity index (χ4n) is 1.57. The molecule has 5 heteroatoms. The zero-order valence-electron chi connectivity index (χ0n) is 10.4. The van der Waals surface area contributed by atoms with Gasteiger partial charge in [-0.05, 0) is 31.2 Å². The summed E-state index contributed by atoms with van der Waals surface area (Å²) in [6.45, 7) is 2.29. The number of hydrogen-bond donors (Lipinski definition) is 1. The lowest BCUT2D eigenvalue weighted by Crippen LogP contribution is -2.14. The number of hydrogen-bond acceptors (Lipinski definition) is 3. The lowest BCUT2D eigenvalue weighted by Gasteiger charge is -2.10. The Hall–Kier alpha value is -2.07. The van der Waals surface area contributed by atoms with E-state index in [0.717, 1.165) is 0 Å². The first-order valence-corrected chi connectivity index (χ1v) is 6.24. The molecule has 0 saturated carbocycles. The van der Waals surface area contributed by atoms with Gasteiger partial charge in [0.2, 0.25) is 5.88 Å². The minimum absolute atomic E-state index is 0.301. The van der Waals surface area contributed by atoms with Gasteiger partial charge in [-0.3, -0.25) is 4.79 Å². The average Bonchev–Trinajstić information content (AvgIpc) is 2.42. The number of carbonyl (C=O) groups excluding carboxylic acids is 1. The second-order valence-electron chi connectivity index (χ2n) is 3.72. The quantitative estimate of drug-likeness (QED) is 0.931. The van der Waals surface area contributed by atoms with Crippen LogP contribution in [0.25, 0.3) is 0 Å². The number of halogens is 1. The molecular weight excluding hydrogens is 264 g/mol. The Kier molecular flexibility index (Phi) is 4.36. The van der Waals surface area contributed by atoms with Gasteiger partial charge in [0.15, 0.2) is 0 Å². The van der Waals surface area contributed by atoms with Crippen LogP contribution in [0.5, 0.6) is 5.88 Å². The van der Waals surface area contributed by atoms with Crippen LogP contribution in [-0.2, 0) is 0 Å². The Balaban J connectivity index is 2.23. The first kappa shape index (κ1) is 13.4. The Morgan fingerprint density at radius 3 is 2.84 bits per heavy atom. The fraction of sp³-hybridized carbons (Fsp3) is 0.143. The highest BCUT2D eigenvalue weighted by atomic mass is 35.5. The molecular formula is C14H13ClN2O2. The molecule has 0 aliphatic carbocycles. The van der Waals surface area contributed by atoms with E-state index < -0.39 is 0 Å². The molecule has 1 N–H and O–H groups in total. The van der Waals surface area contributed by atoms with Crippen molar-refractivity contribution >= 4 is 23.2 Å². The molecule has 19 heavy (non-hydrogen) atoms. The van der Waals surface area contributed by atoms with Crippen LogP contribution in [0.15, 0.2) is 42.6 Å². The third-order valence-corrected chi connectivity index (χ3v) is 2.75. The van der Waals surface area contributed by atoms with E-state index in [1.165, 1.54) is 0 Å². The molecule has 1 aromatic carbocycles. The molecule has 0 saturated heterocycles. The van der Waals surface area contributed by atoms with Gasteiger partial charge in [-0.15, -0.1) is 0 Å². The first-order valence-electron chi connectivity index (χ1n) is 5.86. The topological polar surface area (TPSA) is 51.2 Å². The van der Waals surface area contributed by atoms with E-state index >= 15 is 0 Å². The van der Waals surface area contributed by atoms with E-state index in [-0.39, 0.29) is 5.91 Å². The minimum Gasteiger partial charge on any atom is -0.477 e. The number of nitrogens with zero attached hydrogens (tertiary/aromatic N) is 1. The maximum Gasteiger partial charge on any atom is 0.261 e. The maximum atomic E-state index is 12.2. The zero-order chi connectivity index (χ0) is 13.7. The molecule has 1 heterocycles. The van der Waals surface area contributed by atoms with E-state index in [2.05, 4.69) is 10.3 Å². The highest BCUT2D eigenvalue weighted by Gasteiger charge is 2.14. The molecule has 0 aliphatic rings. The highest BCUT2D eigenvalue weighted by Crippen LogP contribution is 2.22. The van der Waals surface area contributed by atoms with Gasteiger partial charge in [0.25, 0.3) is 5.91 Å². The molecule has 0 bridgehead atoms. The van der Waals surface area contributed by atoms with E-state index in [0.29, 0.717) is 28.8 Å². The number of nitrogens with one attached hydrogen (secondary N) is 1. The minimum atomic E-state index is -0.301. The first-order chi connectivity index (χ1) is 9.22. The molecule has 0 radical (unpaired) electrons. The molecule has 1 aromatic heterocycles. The molecule has 2 rings (SSSR count). The third kappa shape index (κ3) is 3.23. The largest absolute Gasteiger partial charge is 0.477 e. The van der Waals surface area contributed by atoms with E-state index in [9.17, 15) is 4.79 Å². The van der Waals surface area contributed by atoms with Crippen molar-refractivity contribution in [2.24, 2.45) is 0 Å². The molecule has 4 nitrogen and oxygen atoms in total. The van der Waals surface area contributed by atoms with Crippen LogP contribution < -0.4 is 10.1 Å². The SMILES string of the molecule is CCOc1ncccc1C(=O)Nc1ccccc1Cl. The number of benzene rings is 1. The lowest BCUT2D eigenvalue weighted by atomic mass is 10.2. The summed E-state index contributed by atoms with van der Waals surface area (Å²) in [5.41, 5.74) is 0.935. The van der Waals surface area contributed by atoms with Crippen molar-refractivity contribution in [1.29, 1.82) is 0 Å². The van der Waals surface area contributed by atoms with Gasteiger partial charge >= 0.3 is 0 Å². The normalized spacial score (nSPS) is 10.0. The van der Waals surface area contributed by atoms with Crippen LogP contribution in [0.3, 0.4) is 0 Å². The maximum absolute atomic E-state index is 12.2.